The maximum absolute atomic E-state index is 12.1. The zero-order chi connectivity index (χ0) is 17.8. The van der Waals surface area contributed by atoms with E-state index in [1.54, 1.807) is 19.9 Å². The van der Waals surface area contributed by atoms with Crippen molar-refractivity contribution in [1.29, 1.82) is 0 Å². The standard InChI is InChI=1S/C17H17N5O3/c1-11-8-12(2)22(17(24)19-11)10-14(23)18-9-15-20-16(21-25-15)13-6-4-3-5-7-13/h3-8H,9-10H2,1-2H3,(H,18,23). The van der Waals surface area contributed by atoms with Crippen molar-refractivity contribution >= 4 is 5.91 Å². The summed E-state index contributed by atoms with van der Waals surface area (Å²) < 4.78 is 6.44. The van der Waals surface area contributed by atoms with Crippen molar-refractivity contribution in [3.8, 4) is 11.4 Å². The number of aromatic nitrogens is 4. The van der Waals surface area contributed by atoms with Gasteiger partial charge in [-0.3, -0.25) is 9.36 Å². The normalized spacial score (nSPS) is 10.6. The number of carbonyl (C=O) groups excluding carboxylic acids is 1. The molecule has 3 aromatic rings. The summed E-state index contributed by atoms with van der Waals surface area (Å²) in [7, 11) is 0. The molecule has 8 nitrogen and oxygen atoms in total. The van der Waals surface area contributed by atoms with Gasteiger partial charge in [0.15, 0.2) is 0 Å². The van der Waals surface area contributed by atoms with Crippen molar-refractivity contribution in [1.82, 2.24) is 25.0 Å². The van der Waals surface area contributed by atoms with Gasteiger partial charge in [0.25, 0.3) is 0 Å². The minimum atomic E-state index is -0.447. The molecule has 0 atom stereocenters. The Kier molecular flexibility index (Phi) is 4.69. The van der Waals surface area contributed by atoms with Crippen LogP contribution in [0.1, 0.15) is 17.3 Å². The van der Waals surface area contributed by atoms with Crippen LogP contribution in [0.3, 0.4) is 0 Å². The van der Waals surface area contributed by atoms with E-state index in [0.717, 1.165) is 5.56 Å². The summed E-state index contributed by atoms with van der Waals surface area (Å²) in [6, 6.07) is 11.1. The Morgan fingerprint density at radius 3 is 2.68 bits per heavy atom. The van der Waals surface area contributed by atoms with Gasteiger partial charge in [-0.05, 0) is 19.9 Å². The van der Waals surface area contributed by atoms with Crippen LogP contribution in [-0.2, 0) is 17.9 Å². The number of aryl methyl sites for hydroxylation is 2. The van der Waals surface area contributed by atoms with E-state index in [1.807, 2.05) is 30.3 Å². The molecular weight excluding hydrogens is 322 g/mol. The first-order valence-corrected chi connectivity index (χ1v) is 7.73. The van der Waals surface area contributed by atoms with E-state index in [0.29, 0.717) is 23.1 Å². The van der Waals surface area contributed by atoms with Crippen molar-refractivity contribution in [3.05, 3.63) is 64.2 Å². The lowest BCUT2D eigenvalue weighted by molar-refractivity contribution is -0.122. The van der Waals surface area contributed by atoms with Gasteiger partial charge in [0.1, 0.15) is 6.54 Å². The highest BCUT2D eigenvalue weighted by Crippen LogP contribution is 2.14. The van der Waals surface area contributed by atoms with Gasteiger partial charge in [0.05, 0.1) is 6.54 Å². The summed E-state index contributed by atoms with van der Waals surface area (Å²) in [5, 5.41) is 6.54. The maximum atomic E-state index is 12.1. The van der Waals surface area contributed by atoms with Gasteiger partial charge in [-0.25, -0.2) is 4.79 Å². The summed E-state index contributed by atoms with van der Waals surface area (Å²) in [5.74, 6) is 0.410. The lowest BCUT2D eigenvalue weighted by Crippen LogP contribution is -2.34. The Morgan fingerprint density at radius 2 is 1.96 bits per heavy atom. The van der Waals surface area contributed by atoms with E-state index in [2.05, 4.69) is 20.4 Å². The van der Waals surface area contributed by atoms with E-state index in [1.165, 1.54) is 4.57 Å². The van der Waals surface area contributed by atoms with E-state index in [4.69, 9.17) is 4.52 Å². The Morgan fingerprint density at radius 1 is 1.20 bits per heavy atom. The molecule has 0 spiro atoms. The lowest BCUT2D eigenvalue weighted by atomic mass is 10.2. The molecule has 2 heterocycles. The lowest BCUT2D eigenvalue weighted by Gasteiger charge is -2.09. The second-order valence-electron chi connectivity index (χ2n) is 5.56. The molecule has 25 heavy (non-hydrogen) atoms. The van der Waals surface area contributed by atoms with Gasteiger partial charge >= 0.3 is 5.69 Å². The molecule has 128 valence electrons. The Bertz CT molecular complexity index is 946. The molecular formula is C17H17N5O3. The van der Waals surface area contributed by atoms with Crippen molar-refractivity contribution in [2.45, 2.75) is 26.9 Å². The molecule has 0 unspecified atom stereocenters. The number of nitrogens with zero attached hydrogens (tertiary/aromatic N) is 4. The number of carbonyl (C=O) groups is 1. The summed E-state index contributed by atoms with van der Waals surface area (Å²) >= 11 is 0. The van der Waals surface area contributed by atoms with Crippen LogP contribution in [-0.4, -0.2) is 25.6 Å². The van der Waals surface area contributed by atoms with Crippen LogP contribution in [0, 0.1) is 13.8 Å². The molecule has 0 fully saturated rings. The van der Waals surface area contributed by atoms with E-state index < -0.39 is 5.69 Å². The Labute approximate surface area is 143 Å². The molecule has 1 aromatic carbocycles. The minimum absolute atomic E-state index is 0.0890. The van der Waals surface area contributed by atoms with Gasteiger partial charge in [0, 0.05) is 17.0 Å². The van der Waals surface area contributed by atoms with Crippen LogP contribution in [0.15, 0.2) is 45.7 Å². The second kappa shape index (κ2) is 7.08. The molecule has 0 aliphatic rings. The van der Waals surface area contributed by atoms with E-state index >= 15 is 0 Å². The Hall–Kier alpha value is -3.29. The Balaban J connectivity index is 1.62. The fraction of sp³-hybridized carbons (Fsp3) is 0.235. The summed E-state index contributed by atoms with van der Waals surface area (Å²) in [5.41, 5.74) is 1.68. The second-order valence-corrected chi connectivity index (χ2v) is 5.56. The number of amides is 1. The molecule has 0 saturated carbocycles. The fourth-order valence-electron chi connectivity index (χ4n) is 2.37. The zero-order valence-electron chi connectivity index (χ0n) is 13.9. The molecule has 1 amide bonds. The number of nitrogens with one attached hydrogen (secondary N) is 1. The zero-order valence-corrected chi connectivity index (χ0v) is 13.9. The minimum Gasteiger partial charge on any atom is -0.345 e. The molecule has 3 rings (SSSR count). The molecule has 8 heteroatoms. The number of hydrogen-bond donors (Lipinski definition) is 1. The van der Waals surface area contributed by atoms with Gasteiger partial charge in [-0.2, -0.15) is 9.97 Å². The molecule has 0 bridgehead atoms. The largest absolute Gasteiger partial charge is 0.348 e. The van der Waals surface area contributed by atoms with Crippen LogP contribution in [0.5, 0.6) is 0 Å². The summed E-state index contributed by atoms with van der Waals surface area (Å²) in [6.45, 7) is 3.47. The topological polar surface area (TPSA) is 103 Å². The number of hydrogen-bond acceptors (Lipinski definition) is 6. The van der Waals surface area contributed by atoms with Gasteiger partial charge in [-0.15, -0.1) is 0 Å². The average molecular weight is 339 g/mol. The molecule has 2 aromatic heterocycles. The highest BCUT2D eigenvalue weighted by atomic mass is 16.5. The summed E-state index contributed by atoms with van der Waals surface area (Å²) in [4.78, 5) is 32.0. The predicted molar refractivity (Wildman–Crippen MR) is 89.6 cm³/mol. The summed E-state index contributed by atoms with van der Waals surface area (Å²) in [6.07, 6.45) is 0. The van der Waals surface area contributed by atoms with Gasteiger partial charge in [-0.1, -0.05) is 35.5 Å². The molecule has 0 radical (unpaired) electrons. The predicted octanol–water partition coefficient (Wildman–Crippen LogP) is 1.23. The van der Waals surface area contributed by atoms with Gasteiger partial charge < -0.3 is 9.84 Å². The van der Waals surface area contributed by atoms with Crippen LogP contribution in [0.2, 0.25) is 0 Å². The number of benzene rings is 1. The maximum Gasteiger partial charge on any atom is 0.348 e. The van der Waals surface area contributed by atoms with Crippen molar-refractivity contribution in [2.24, 2.45) is 0 Å². The molecule has 0 saturated heterocycles. The van der Waals surface area contributed by atoms with E-state index in [-0.39, 0.29) is 19.0 Å². The highest BCUT2D eigenvalue weighted by molar-refractivity contribution is 5.75. The highest BCUT2D eigenvalue weighted by Gasteiger charge is 2.11. The van der Waals surface area contributed by atoms with Crippen LogP contribution >= 0.6 is 0 Å². The molecule has 0 aliphatic heterocycles. The molecule has 0 aliphatic carbocycles. The van der Waals surface area contributed by atoms with Crippen LogP contribution in [0.25, 0.3) is 11.4 Å². The first-order chi connectivity index (χ1) is 12.0. The van der Waals surface area contributed by atoms with Crippen LogP contribution in [0.4, 0.5) is 0 Å². The SMILES string of the molecule is Cc1cc(C)n(CC(=O)NCc2nc(-c3ccccc3)no2)c(=O)n1. The third-order valence-electron chi connectivity index (χ3n) is 3.59. The quantitative estimate of drug-likeness (QED) is 0.750. The monoisotopic (exact) mass is 339 g/mol. The van der Waals surface area contributed by atoms with Crippen LogP contribution < -0.4 is 11.0 Å². The smallest absolute Gasteiger partial charge is 0.345 e. The van der Waals surface area contributed by atoms with Gasteiger partial charge in [0.2, 0.25) is 17.6 Å². The fourth-order valence-corrected chi connectivity index (χ4v) is 2.37. The molecule has 1 N–H and O–H groups in total. The van der Waals surface area contributed by atoms with Crippen molar-refractivity contribution in [3.63, 3.8) is 0 Å². The number of rotatable bonds is 5. The third kappa shape index (κ3) is 3.97. The van der Waals surface area contributed by atoms with Crippen molar-refractivity contribution in [2.75, 3.05) is 0 Å². The first-order valence-electron chi connectivity index (χ1n) is 7.73. The first kappa shape index (κ1) is 16.6. The van der Waals surface area contributed by atoms with Crippen molar-refractivity contribution < 1.29 is 9.32 Å². The third-order valence-corrected chi connectivity index (χ3v) is 3.59. The van der Waals surface area contributed by atoms with E-state index in [9.17, 15) is 9.59 Å². The average Bonchev–Trinajstić information content (AvgIpc) is 3.06.